The number of carbonyl (C=O) groups is 2. The van der Waals surface area contributed by atoms with E-state index in [1.54, 1.807) is 6.26 Å². The Kier molecular flexibility index (Phi) is 3.06. The molecule has 0 amide bonds. The van der Waals surface area contributed by atoms with Crippen molar-refractivity contribution in [3.8, 4) is 0 Å². The number of Topliss-reactive ketones (excluding diaryl/α,β-unsaturated/α-hetero) is 2. The molecule has 3 aliphatic rings. The topological polar surface area (TPSA) is 56.5 Å². The standard InChI is InChI=1S/C18H18O4/c1-10-8-15(21-9-10)18-16-11(19)4-2-6-13(16)22-14-7-3-5-12(20)17(14)18/h8-9,18H,2-7H2,1H3. The highest BCUT2D eigenvalue weighted by Crippen LogP contribution is 2.47. The lowest BCUT2D eigenvalue weighted by molar-refractivity contribution is -0.117. The minimum atomic E-state index is -0.368. The molecular weight excluding hydrogens is 280 g/mol. The van der Waals surface area contributed by atoms with E-state index >= 15 is 0 Å². The van der Waals surface area contributed by atoms with E-state index in [2.05, 4.69) is 0 Å². The maximum Gasteiger partial charge on any atom is 0.163 e. The fraction of sp³-hybridized carbons (Fsp3) is 0.444. The third-order valence-corrected chi connectivity index (χ3v) is 4.68. The number of rotatable bonds is 1. The summed E-state index contributed by atoms with van der Waals surface area (Å²) in [5.74, 6) is 2.00. The zero-order valence-corrected chi connectivity index (χ0v) is 12.6. The Morgan fingerprint density at radius 2 is 1.55 bits per heavy atom. The van der Waals surface area contributed by atoms with Gasteiger partial charge < -0.3 is 9.15 Å². The number of hydrogen-bond acceptors (Lipinski definition) is 4. The quantitative estimate of drug-likeness (QED) is 0.793. The van der Waals surface area contributed by atoms with E-state index in [0.717, 1.165) is 42.8 Å². The first-order valence-corrected chi connectivity index (χ1v) is 7.90. The highest BCUT2D eigenvalue weighted by atomic mass is 16.5. The number of carbonyl (C=O) groups excluding carboxylic acids is 2. The largest absolute Gasteiger partial charge is 0.468 e. The van der Waals surface area contributed by atoms with Crippen molar-refractivity contribution in [1.29, 1.82) is 0 Å². The molecule has 1 aromatic rings. The molecule has 4 rings (SSSR count). The van der Waals surface area contributed by atoms with Gasteiger partial charge in [0.25, 0.3) is 0 Å². The summed E-state index contributed by atoms with van der Waals surface area (Å²) in [6.45, 7) is 1.95. The van der Waals surface area contributed by atoms with Gasteiger partial charge in [0.2, 0.25) is 0 Å². The zero-order chi connectivity index (χ0) is 15.3. The lowest BCUT2D eigenvalue weighted by atomic mass is 9.75. The van der Waals surface area contributed by atoms with Crippen LogP contribution < -0.4 is 0 Å². The van der Waals surface area contributed by atoms with Crippen LogP contribution in [0.1, 0.15) is 55.8 Å². The van der Waals surface area contributed by atoms with E-state index < -0.39 is 0 Å². The summed E-state index contributed by atoms with van der Waals surface area (Å²) in [6.07, 6.45) is 5.89. The molecule has 0 fully saturated rings. The zero-order valence-electron chi connectivity index (χ0n) is 12.6. The average Bonchev–Trinajstić information content (AvgIpc) is 2.92. The molecule has 0 spiro atoms. The van der Waals surface area contributed by atoms with Gasteiger partial charge in [0.05, 0.1) is 12.2 Å². The summed E-state index contributed by atoms with van der Waals surface area (Å²) in [5, 5.41) is 0. The summed E-state index contributed by atoms with van der Waals surface area (Å²) in [7, 11) is 0. The molecule has 0 radical (unpaired) electrons. The second-order valence-electron chi connectivity index (χ2n) is 6.29. The second-order valence-corrected chi connectivity index (χ2v) is 6.29. The highest BCUT2D eigenvalue weighted by Gasteiger charge is 2.43. The maximum atomic E-state index is 12.5. The fourth-order valence-corrected chi connectivity index (χ4v) is 3.71. The lowest BCUT2D eigenvalue weighted by Gasteiger charge is -2.34. The van der Waals surface area contributed by atoms with Gasteiger partial charge in [-0.25, -0.2) is 0 Å². The van der Waals surface area contributed by atoms with Gasteiger partial charge in [-0.1, -0.05) is 0 Å². The van der Waals surface area contributed by atoms with Gasteiger partial charge in [0.15, 0.2) is 11.6 Å². The SMILES string of the molecule is Cc1coc(C2C3=C(CCCC3=O)OC3=C2C(=O)CCC3)c1. The summed E-state index contributed by atoms with van der Waals surface area (Å²) in [4.78, 5) is 25.0. The number of hydrogen-bond donors (Lipinski definition) is 0. The molecular formula is C18H18O4. The molecule has 1 aliphatic heterocycles. The molecule has 22 heavy (non-hydrogen) atoms. The van der Waals surface area contributed by atoms with Gasteiger partial charge in [-0.3, -0.25) is 9.59 Å². The van der Waals surface area contributed by atoms with Crippen LogP contribution in [0.5, 0.6) is 0 Å². The highest BCUT2D eigenvalue weighted by molar-refractivity contribution is 6.05. The van der Waals surface area contributed by atoms with Crippen LogP contribution in [0.2, 0.25) is 0 Å². The van der Waals surface area contributed by atoms with Crippen LogP contribution in [0.4, 0.5) is 0 Å². The third kappa shape index (κ3) is 1.97. The molecule has 0 atom stereocenters. The van der Waals surface area contributed by atoms with Gasteiger partial charge in [0.1, 0.15) is 17.3 Å². The molecule has 0 saturated carbocycles. The van der Waals surface area contributed by atoms with Gasteiger partial charge in [-0.15, -0.1) is 0 Å². The Labute approximate surface area is 128 Å². The molecule has 0 saturated heterocycles. The van der Waals surface area contributed by atoms with Crippen LogP contribution in [0, 0.1) is 6.92 Å². The monoisotopic (exact) mass is 298 g/mol. The average molecular weight is 298 g/mol. The van der Waals surface area contributed by atoms with Crippen molar-refractivity contribution < 1.29 is 18.7 Å². The van der Waals surface area contributed by atoms with E-state index in [0.29, 0.717) is 29.7 Å². The second kappa shape index (κ2) is 4.97. The minimum Gasteiger partial charge on any atom is -0.468 e. The summed E-state index contributed by atoms with van der Waals surface area (Å²) in [5.41, 5.74) is 2.29. The van der Waals surface area contributed by atoms with Crippen LogP contribution in [0.15, 0.2) is 39.4 Å². The smallest absolute Gasteiger partial charge is 0.163 e. The van der Waals surface area contributed by atoms with Crippen molar-refractivity contribution in [3.63, 3.8) is 0 Å². The van der Waals surface area contributed by atoms with Crippen LogP contribution in [-0.4, -0.2) is 11.6 Å². The summed E-state index contributed by atoms with van der Waals surface area (Å²) < 4.78 is 11.6. The Morgan fingerprint density at radius 3 is 2.05 bits per heavy atom. The van der Waals surface area contributed by atoms with Crippen molar-refractivity contribution in [2.24, 2.45) is 0 Å². The van der Waals surface area contributed by atoms with Gasteiger partial charge in [0, 0.05) is 36.8 Å². The van der Waals surface area contributed by atoms with E-state index in [4.69, 9.17) is 9.15 Å². The summed E-state index contributed by atoms with van der Waals surface area (Å²) >= 11 is 0. The third-order valence-electron chi connectivity index (χ3n) is 4.68. The first kappa shape index (κ1) is 13.6. The van der Waals surface area contributed by atoms with Crippen LogP contribution >= 0.6 is 0 Å². The normalized spacial score (nSPS) is 22.6. The van der Waals surface area contributed by atoms with Crippen molar-refractivity contribution in [2.75, 3.05) is 0 Å². The number of aryl methyl sites for hydroxylation is 1. The number of allylic oxidation sites excluding steroid dienone is 4. The Bertz CT molecular complexity index is 690. The van der Waals surface area contributed by atoms with Crippen molar-refractivity contribution in [1.82, 2.24) is 0 Å². The first-order chi connectivity index (χ1) is 10.6. The van der Waals surface area contributed by atoms with Crippen molar-refractivity contribution in [3.05, 3.63) is 46.3 Å². The molecule has 0 N–H and O–H groups in total. The Morgan fingerprint density at radius 1 is 0.955 bits per heavy atom. The Balaban J connectivity index is 1.91. The number of ether oxygens (including phenoxy) is 1. The Hall–Kier alpha value is -2.10. The molecule has 114 valence electrons. The first-order valence-electron chi connectivity index (χ1n) is 7.90. The molecule has 0 aromatic carbocycles. The van der Waals surface area contributed by atoms with Crippen LogP contribution in [0.3, 0.4) is 0 Å². The molecule has 4 nitrogen and oxygen atoms in total. The van der Waals surface area contributed by atoms with E-state index in [1.807, 2.05) is 13.0 Å². The number of furan rings is 1. The van der Waals surface area contributed by atoms with E-state index in [-0.39, 0.29) is 17.5 Å². The summed E-state index contributed by atoms with van der Waals surface area (Å²) in [6, 6.07) is 1.93. The molecule has 4 heteroatoms. The minimum absolute atomic E-state index is 0.0882. The molecule has 2 aliphatic carbocycles. The van der Waals surface area contributed by atoms with Gasteiger partial charge >= 0.3 is 0 Å². The van der Waals surface area contributed by atoms with Gasteiger partial charge in [-0.05, 0) is 31.4 Å². The number of ketones is 2. The maximum absolute atomic E-state index is 12.5. The predicted octanol–water partition coefficient (Wildman–Crippen LogP) is 3.72. The lowest BCUT2D eigenvalue weighted by Crippen LogP contribution is -2.30. The van der Waals surface area contributed by atoms with Crippen LogP contribution in [0.25, 0.3) is 0 Å². The molecule has 0 bridgehead atoms. The van der Waals surface area contributed by atoms with Crippen LogP contribution in [-0.2, 0) is 14.3 Å². The molecule has 1 aromatic heterocycles. The van der Waals surface area contributed by atoms with Gasteiger partial charge in [-0.2, -0.15) is 0 Å². The molecule has 2 heterocycles. The molecule has 0 unspecified atom stereocenters. The predicted molar refractivity (Wildman–Crippen MR) is 79.0 cm³/mol. The van der Waals surface area contributed by atoms with Crippen molar-refractivity contribution in [2.45, 2.75) is 51.4 Å². The van der Waals surface area contributed by atoms with E-state index in [1.165, 1.54) is 0 Å². The van der Waals surface area contributed by atoms with E-state index in [9.17, 15) is 9.59 Å². The van der Waals surface area contributed by atoms with Crippen molar-refractivity contribution >= 4 is 11.6 Å². The fourth-order valence-electron chi connectivity index (χ4n) is 3.71.